The summed E-state index contributed by atoms with van der Waals surface area (Å²) in [7, 11) is 1.33. The van der Waals surface area contributed by atoms with Gasteiger partial charge in [0.25, 0.3) is 5.91 Å². The number of hydrogen-bond donors (Lipinski definition) is 0. The molecule has 1 fully saturated rings. The molecule has 0 atom stereocenters. The van der Waals surface area contributed by atoms with Gasteiger partial charge in [0.05, 0.1) is 23.4 Å². The number of hydrogen-bond acceptors (Lipinski definition) is 4. The lowest BCUT2D eigenvalue weighted by Gasteiger charge is -2.36. The van der Waals surface area contributed by atoms with Gasteiger partial charge in [-0.2, -0.15) is 0 Å². The van der Waals surface area contributed by atoms with E-state index in [0.29, 0.717) is 42.3 Å². The number of ether oxygens (including phenoxy) is 1. The van der Waals surface area contributed by atoms with Crippen LogP contribution in [-0.4, -0.2) is 50.1 Å². The van der Waals surface area contributed by atoms with E-state index in [0.717, 1.165) is 5.69 Å². The van der Waals surface area contributed by atoms with Gasteiger partial charge in [-0.3, -0.25) is 4.79 Å². The first kappa shape index (κ1) is 18.2. The van der Waals surface area contributed by atoms with Gasteiger partial charge in [0.2, 0.25) is 0 Å². The second-order valence-electron chi connectivity index (χ2n) is 5.95. The molecule has 3 rings (SSSR count). The third-order valence-corrected chi connectivity index (χ3v) is 4.67. The van der Waals surface area contributed by atoms with E-state index >= 15 is 0 Å². The molecule has 1 aliphatic rings. The molecule has 0 saturated carbocycles. The summed E-state index contributed by atoms with van der Waals surface area (Å²) in [5, 5.41) is 0.530. The van der Waals surface area contributed by atoms with Crippen LogP contribution < -0.4 is 4.90 Å². The van der Waals surface area contributed by atoms with Crippen LogP contribution in [0.3, 0.4) is 0 Å². The van der Waals surface area contributed by atoms with Gasteiger partial charge in [-0.15, -0.1) is 0 Å². The fourth-order valence-electron chi connectivity index (χ4n) is 2.95. The number of esters is 1. The van der Waals surface area contributed by atoms with Gasteiger partial charge in [-0.25, -0.2) is 9.18 Å². The summed E-state index contributed by atoms with van der Waals surface area (Å²) < 4.78 is 18.1. The smallest absolute Gasteiger partial charge is 0.337 e. The largest absolute Gasteiger partial charge is 0.465 e. The van der Waals surface area contributed by atoms with Crippen molar-refractivity contribution >= 4 is 29.2 Å². The van der Waals surface area contributed by atoms with Crippen LogP contribution >= 0.6 is 11.6 Å². The molecular weight excluding hydrogens is 359 g/mol. The monoisotopic (exact) mass is 376 g/mol. The maximum Gasteiger partial charge on any atom is 0.337 e. The minimum Gasteiger partial charge on any atom is -0.465 e. The molecule has 0 aromatic heterocycles. The molecule has 0 bridgehead atoms. The standard InChI is InChI=1S/C19H18ClFN2O3/c1-26-19(25)14-5-6-16(20)17(12-14)22-7-9-23(10-8-22)18(24)13-3-2-4-15(21)11-13/h2-6,11-12H,7-10H2,1H3. The Morgan fingerprint density at radius 3 is 2.42 bits per heavy atom. The highest BCUT2D eigenvalue weighted by molar-refractivity contribution is 6.33. The number of nitrogens with zero attached hydrogens (tertiary/aromatic N) is 2. The Kier molecular flexibility index (Phi) is 5.42. The highest BCUT2D eigenvalue weighted by Gasteiger charge is 2.24. The molecule has 26 heavy (non-hydrogen) atoms. The number of piperazine rings is 1. The van der Waals surface area contributed by atoms with Crippen molar-refractivity contribution in [1.82, 2.24) is 4.90 Å². The van der Waals surface area contributed by atoms with Crippen LogP contribution in [0, 0.1) is 5.82 Å². The molecule has 2 aromatic carbocycles. The molecule has 1 aliphatic heterocycles. The number of methoxy groups -OCH3 is 1. The van der Waals surface area contributed by atoms with Crippen molar-refractivity contribution in [1.29, 1.82) is 0 Å². The van der Waals surface area contributed by atoms with E-state index in [1.807, 2.05) is 4.90 Å². The van der Waals surface area contributed by atoms with Crippen LogP contribution in [0.2, 0.25) is 5.02 Å². The summed E-state index contributed by atoms with van der Waals surface area (Å²) in [6, 6.07) is 10.6. The molecule has 1 amide bonds. The maximum atomic E-state index is 13.3. The average Bonchev–Trinajstić information content (AvgIpc) is 2.67. The second kappa shape index (κ2) is 7.74. The van der Waals surface area contributed by atoms with Gasteiger partial charge >= 0.3 is 5.97 Å². The Balaban J connectivity index is 1.71. The van der Waals surface area contributed by atoms with Crippen LogP contribution in [0.15, 0.2) is 42.5 Å². The third-order valence-electron chi connectivity index (χ3n) is 4.35. The molecular formula is C19H18ClFN2O3. The quantitative estimate of drug-likeness (QED) is 0.772. The van der Waals surface area contributed by atoms with Crippen molar-refractivity contribution in [3.8, 4) is 0 Å². The minimum atomic E-state index is -0.430. The zero-order valence-corrected chi connectivity index (χ0v) is 15.0. The van der Waals surface area contributed by atoms with E-state index in [9.17, 15) is 14.0 Å². The molecule has 2 aromatic rings. The van der Waals surface area contributed by atoms with E-state index < -0.39 is 11.8 Å². The fraction of sp³-hybridized carbons (Fsp3) is 0.263. The molecule has 1 saturated heterocycles. The summed E-state index contributed by atoms with van der Waals surface area (Å²) in [5.74, 6) is -1.05. The number of halogens is 2. The SMILES string of the molecule is COC(=O)c1ccc(Cl)c(N2CCN(C(=O)c3cccc(F)c3)CC2)c1. The highest BCUT2D eigenvalue weighted by Crippen LogP contribution is 2.28. The zero-order valence-electron chi connectivity index (χ0n) is 14.2. The molecule has 5 nitrogen and oxygen atoms in total. The van der Waals surface area contributed by atoms with Crippen LogP contribution in [-0.2, 0) is 4.74 Å². The zero-order chi connectivity index (χ0) is 18.7. The van der Waals surface area contributed by atoms with E-state index in [1.165, 1.54) is 25.3 Å². The summed E-state index contributed by atoms with van der Waals surface area (Å²) in [6.07, 6.45) is 0. The van der Waals surface area contributed by atoms with Crippen LogP contribution in [0.1, 0.15) is 20.7 Å². The predicted octanol–water partition coefficient (Wildman–Crippen LogP) is 3.23. The van der Waals surface area contributed by atoms with Crippen molar-refractivity contribution < 1.29 is 18.7 Å². The Morgan fingerprint density at radius 1 is 1.04 bits per heavy atom. The van der Waals surface area contributed by atoms with Gasteiger partial charge in [-0.1, -0.05) is 17.7 Å². The van der Waals surface area contributed by atoms with Gasteiger partial charge in [0, 0.05) is 31.7 Å². The molecule has 0 unspecified atom stereocenters. The van der Waals surface area contributed by atoms with E-state index in [4.69, 9.17) is 16.3 Å². The summed E-state index contributed by atoms with van der Waals surface area (Å²) in [5.41, 5.74) is 1.49. The molecule has 0 aliphatic carbocycles. The third kappa shape index (κ3) is 3.80. The summed E-state index contributed by atoms with van der Waals surface area (Å²) >= 11 is 6.27. The molecule has 0 radical (unpaired) electrons. The van der Waals surface area contributed by atoms with Crippen LogP contribution in [0.4, 0.5) is 10.1 Å². The molecule has 136 valence electrons. The van der Waals surface area contributed by atoms with E-state index in [-0.39, 0.29) is 5.91 Å². The maximum absolute atomic E-state index is 13.3. The minimum absolute atomic E-state index is 0.196. The first-order chi connectivity index (χ1) is 12.5. The molecule has 0 spiro atoms. The van der Waals surface area contributed by atoms with E-state index in [2.05, 4.69) is 0 Å². The van der Waals surface area contributed by atoms with Gasteiger partial charge in [-0.05, 0) is 36.4 Å². The van der Waals surface area contributed by atoms with Gasteiger partial charge in [0.15, 0.2) is 0 Å². The van der Waals surface area contributed by atoms with Crippen LogP contribution in [0.25, 0.3) is 0 Å². The lowest BCUT2D eigenvalue weighted by atomic mass is 10.1. The Morgan fingerprint density at radius 2 is 1.77 bits per heavy atom. The lowest BCUT2D eigenvalue weighted by molar-refractivity contribution is 0.0600. The lowest BCUT2D eigenvalue weighted by Crippen LogP contribution is -2.49. The summed E-state index contributed by atoms with van der Waals surface area (Å²) in [4.78, 5) is 27.9. The normalized spacial score (nSPS) is 14.3. The number of anilines is 1. The number of carbonyl (C=O) groups excluding carboxylic acids is 2. The number of benzene rings is 2. The summed E-state index contributed by atoms with van der Waals surface area (Å²) in [6.45, 7) is 2.08. The number of amides is 1. The molecule has 1 heterocycles. The Hall–Kier alpha value is -2.60. The van der Waals surface area contributed by atoms with Gasteiger partial charge in [0.1, 0.15) is 5.82 Å². The topological polar surface area (TPSA) is 49.9 Å². The first-order valence-corrected chi connectivity index (χ1v) is 8.55. The van der Waals surface area contributed by atoms with Gasteiger partial charge < -0.3 is 14.5 Å². The average molecular weight is 377 g/mol. The predicted molar refractivity (Wildman–Crippen MR) is 97.3 cm³/mol. The molecule has 0 N–H and O–H groups in total. The second-order valence-corrected chi connectivity index (χ2v) is 6.35. The first-order valence-electron chi connectivity index (χ1n) is 8.17. The molecule has 7 heteroatoms. The van der Waals surface area contributed by atoms with Crippen LogP contribution in [0.5, 0.6) is 0 Å². The van der Waals surface area contributed by atoms with Crippen molar-refractivity contribution in [2.24, 2.45) is 0 Å². The van der Waals surface area contributed by atoms with Crippen molar-refractivity contribution in [3.05, 3.63) is 64.4 Å². The number of carbonyl (C=O) groups is 2. The Labute approximate surface area is 155 Å². The fourth-order valence-corrected chi connectivity index (χ4v) is 3.19. The highest BCUT2D eigenvalue weighted by atomic mass is 35.5. The van der Waals surface area contributed by atoms with Crippen molar-refractivity contribution in [2.75, 3.05) is 38.2 Å². The van der Waals surface area contributed by atoms with Crippen molar-refractivity contribution in [3.63, 3.8) is 0 Å². The van der Waals surface area contributed by atoms with Crippen molar-refractivity contribution in [2.45, 2.75) is 0 Å². The Bertz CT molecular complexity index is 835. The number of rotatable bonds is 3. The van der Waals surface area contributed by atoms with E-state index in [1.54, 1.807) is 29.2 Å².